The Bertz CT molecular complexity index is 293. The van der Waals surface area contributed by atoms with Crippen molar-refractivity contribution in [3.63, 3.8) is 0 Å². The van der Waals surface area contributed by atoms with E-state index in [0.29, 0.717) is 5.41 Å². The standard InChI is InChI=1S/C11H18N4/c1-11(2-4-12-5-3-11)9-15-10-8-13-6-7-14-10/h6-8,12H,2-5,9H2,1H3,(H,14,15). The van der Waals surface area contributed by atoms with Crippen LogP contribution in [0.25, 0.3) is 0 Å². The molecule has 0 aromatic carbocycles. The molecule has 1 fully saturated rings. The van der Waals surface area contributed by atoms with Crippen molar-refractivity contribution in [2.45, 2.75) is 19.8 Å². The Morgan fingerprint density at radius 2 is 2.20 bits per heavy atom. The number of hydrogen-bond acceptors (Lipinski definition) is 4. The van der Waals surface area contributed by atoms with Crippen LogP contribution in [-0.4, -0.2) is 29.6 Å². The first kappa shape index (κ1) is 10.4. The minimum absolute atomic E-state index is 0.392. The van der Waals surface area contributed by atoms with Crippen molar-refractivity contribution in [1.29, 1.82) is 0 Å². The van der Waals surface area contributed by atoms with Gasteiger partial charge in [-0.3, -0.25) is 4.98 Å². The monoisotopic (exact) mass is 206 g/mol. The lowest BCUT2D eigenvalue weighted by Crippen LogP contribution is -2.39. The van der Waals surface area contributed by atoms with Crippen molar-refractivity contribution >= 4 is 5.82 Å². The second-order valence-electron chi connectivity index (χ2n) is 4.50. The van der Waals surface area contributed by atoms with E-state index < -0.39 is 0 Å². The van der Waals surface area contributed by atoms with Crippen molar-refractivity contribution in [3.05, 3.63) is 18.6 Å². The van der Waals surface area contributed by atoms with Gasteiger partial charge in [0.05, 0.1) is 6.20 Å². The molecule has 1 aromatic heterocycles. The minimum Gasteiger partial charge on any atom is -0.368 e. The summed E-state index contributed by atoms with van der Waals surface area (Å²) in [5.74, 6) is 0.872. The fourth-order valence-corrected chi connectivity index (χ4v) is 1.90. The van der Waals surface area contributed by atoms with Gasteiger partial charge in [-0.05, 0) is 31.3 Å². The topological polar surface area (TPSA) is 49.8 Å². The van der Waals surface area contributed by atoms with Crippen molar-refractivity contribution in [2.75, 3.05) is 25.0 Å². The van der Waals surface area contributed by atoms with Gasteiger partial charge in [0.15, 0.2) is 0 Å². The molecule has 0 radical (unpaired) electrons. The molecule has 15 heavy (non-hydrogen) atoms. The molecular weight excluding hydrogens is 188 g/mol. The molecule has 2 heterocycles. The van der Waals surface area contributed by atoms with E-state index in [1.165, 1.54) is 12.8 Å². The summed E-state index contributed by atoms with van der Waals surface area (Å²) in [4.78, 5) is 8.24. The Morgan fingerprint density at radius 3 is 2.87 bits per heavy atom. The third-order valence-corrected chi connectivity index (χ3v) is 3.07. The van der Waals surface area contributed by atoms with E-state index >= 15 is 0 Å². The lowest BCUT2D eigenvalue weighted by atomic mass is 9.81. The molecule has 0 saturated carbocycles. The van der Waals surface area contributed by atoms with Crippen LogP contribution in [-0.2, 0) is 0 Å². The summed E-state index contributed by atoms with van der Waals surface area (Å²) in [6.07, 6.45) is 7.62. The summed E-state index contributed by atoms with van der Waals surface area (Å²) in [5.41, 5.74) is 0.392. The van der Waals surface area contributed by atoms with Gasteiger partial charge in [-0.25, -0.2) is 4.98 Å². The third-order valence-electron chi connectivity index (χ3n) is 3.07. The number of piperidine rings is 1. The number of aromatic nitrogens is 2. The van der Waals surface area contributed by atoms with E-state index in [-0.39, 0.29) is 0 Å². The van der Waals surface area contributed by atoms with Gasteiger partial charge in [0, 0.05) is 18.9 Å². The van der Waals surface area contributed by atoms with Crippen LogP contribution < -0.4 is 10.6 Å². The van der Waals surface area contributed by atoms with E-state index in [4.69, 9.17) is 0 Å². The van der Waals surface area contributed by atoms with Gasteiger partial charge < -0.3 is 10.6 Å². The van der Waals surface area contributed by atoms with E-state index in [1.807, 2.05) is 0 Å². The fourth-order valence-electron chi connectivity index (χ4n) is 1.90. The summed E-state index contributed by atoms with van der Waals surface area (Å²) in [6, 6.07) is 0. The lowest BCUT2D eigenvalue weighted by molar-refractivity contribution is 0.247. The number of nitrogens with zero attached hydrogens (tertiary/aromatic N) is 2. The highest BCUT2D eigenvalue weighted by molar-refractivity contribution is 5.30. The normalized spacial score (nSPS) is 19.8. The quantitative estimate of drug-likeness (QED) is 0.782. The highest BCUT2D eigenvalue weighted by atomic mass is 15.0. The Balaban J connectivity index is 1.87. The maximum absolute atomic E-state index is 4.21. The molecule has 0 aliphatic carbocycles. The van der Waals surface area contributed by atoms with Gasteiger partial charge in [-0.15, -0.1) is 0 Å². The average Bonchev–Trinajstić information content (AvgIpc) is 2.29. The predicted molar refractivity (Wildman–Crippen MR) is 60.7 cm³/mol. The molecule has 1 aromatic rings. The van der Waals surface area contributed by atoms with Crippen molar-refractivity contribution in [2.24, 2.45) is 5.41 Å². The van der Waals surface area contributed by atoms with Crippen LogP contribution in [0.3, 0.4) is 0 Å². The van der Waals surface area contributed by atoms with Crippen molar-refractivity contribution in [3.8, 4) is 0 Å². The number of rotatable bonds is 3. The maximum atomic E-state index is 4.21. The van der Waals surface area contributed by atoms with Gasteiger partial charge >= 0.3 is 0 Å². The Morgan fingerprint density at radius 1 is 1.40 bits per heavy atom. The summed E-state index contributed by atoms with van der Waals surface area (Å²) < 4.78 is 0. The Kier molecular flexibility index (Phi) is 3.16. The maximum Gasteiger partial charge on any atom is 0.144 e. The molecule has 1 saturated heterocycles. The minimum atomic E-state index is 0.392. The van der Waals surface area contributed by atoms with Crippen LogP contribution in [0.4, 0.5) is 5.82 Å². The van der Waals surface area contributed by atoms with Crippen LogP contribution in [0.2, 0.25) is 0 Å². The second kappa shape index (κ2) is 4.57. The highest BCUT2D eigenvalue weighted by Crippen LogP contribution is 2.27. The molecule has 2 N–H and O–H groups in total. The van der Waals surface area contributed by atoms with Crippen LogP contribution in [0.15, 0.2) is 18.6 Å². The second-order valence-corrected chi connectivity index (χ2v) is 4.50. The molecule has 4 heteroatoms. The molecule has 0 atom stereocenters. The summed E-state index contributed by atoms with van der Waals surface area (Å²) in [5, 5.41) is 6.74. The van der Waals surface area contributed by atoms with E-state index in [0.717, 1.165) is 25.5 Å². The summed E-state index contributed by atoms with van der Waals surface area (Å²) in [7, 11) is 0. The summed E-state index contributed by atoms with van der Waals surface area (Å²) >= 11 is 0. The van der Waals surface area contributed by atoms with Crippen LogP contribution in [0.1, 0.15) is 19.8 Å². The molecular formula is C11H18N4. The highest BCUT2D eigenvalue weighted by Gasteiger charge is 2.26. The molecule has 0 unspecified atom stereocenters. The lowest BCUT2D eigenvalue weighted by Gasteiger charge is -2.34. The Hall–Kier alpha value is -1.16. The first-order valence-electron chi connectivity index (χ1n) is 5.49. The number of hydrogen-bond donors (Lipinski definition) is 2. The van der Waals surface area contributed by atoms with Gasteiger partial charge in [0.2, 0.25) is 0 Å². The van der Waals surface area contributed by atoms with Gasteiger partial charge in [-0.1, -0.05) is 6.92 Å². The molecule has 1 aliphatic rings. The van der Waals surface area contributed by atoms with Crippen molar-refractivity contribution < 1.29 is 0 Å². The Labute approximate surface area is 90.5 Å². The van der Waals surface area contributed by atoms with Crippen LogP contribution >= 0.6 is 0 Å². The van der Waals surface area contributed by atoms with E-state index in [2.05, 4.69) is 27.5 Å². The van der Waals surface area contributed by atoms with Gasteiger partial charge in [0.1, 0.15) is 5.82 Å². The smallest absolute Gasteiger partial charge is 0.144 e. The molecule has 4 nitrogen and oxygen atoms in total. The first-order chi connectivity index (χ1) is 7.29. The molecule has 0 bridgehead atoms. The number of nitrogens with one attached hydrogen (secondary N) is 2. The van der Waals surface area contributed by atoms with E-state index in [9.17, 15) is 0 Å². The first-order valence-corrected chi connectivity index (χ1v) is 5.49. The molecule has 2 rings (SSSR count). The average molecular weight is 206 g/mol. The van der Waals surface area contributed by atoms with Gasteiger partial charge in [0.25, 0.3) is 0 Å². The zero-order valence-corrected chi connectivity index (χ0v) is 9.16. The molecule has 1 aliphatic heterocycles. The SMILES string of the molecule is CC1(CNc2cnccn2)CCNCC1. The van der Waals surface area contributed by atoms with Crippen LogP contribution in [0, 0.1) is 5.41 Å². The third kappa shape index (κ3) is 2.89. The van der Waals surface area contributed by atoms with Crippen LogP contribution in [0.5, 0.6) is 0 Å². The predicted octanol–water partition coefficient (Wildman–Crippen LogP) is 1.28. The zero-order valence-electron chi connectivity index (χ0n) is 9.16. The van der Waals surface area contributed by atoms with Crippen molar-refractivity contribution in [1.82, 2.24) is 15.3 Å². The van der Waals surface area contributed by atoms with Gasteiger partial charge in [-0.2, -0.15) is 0 Å². The summed E-state index contributed by atoms with van der Waals surface area (Å²) in [6.45, 7) is 5.56. The molecule has 82 valence electrons. The molecule has 0 amide bonds. The molecule has 0 spiro atoms. The van der Waals surface area contributed by atoms with E-state index in [1.54, 1.807) is 18.6 Å². The largest absolute Gasteiger partial charge is 0.368 e. The fraction of sp³-hybridized carbons (Fsp3) is 0.636. The zero-order chi connectivity index (χ0) is 10.6. The number of anilines is 1.